The predicted octanol–water partition coefficient (Wildman–Crippen LogP) is 0.300. The highest BCUT2D eigenvalue weighted by Crippen LogP contribution is 2.08. The summed E-state index contributed by atoms with van der Waals surface area (Å²) in [7, 11) is 2.01. The first-order valence-corrected chi connectivity index (χ1v) is 6.24. The zero-order valence-electron chi connectivity index (χ0n) is 10.8. The van der Waals surface area contributed by atoms with E-state index < -0.39 is 0 Å². The number of hydrogen-bond donors (Lipinski definition) is 2. The summed E-state index contributed by atoms with van der Waals surface area (Å²) in [5.74, 6) is 1.49. The number of nitrogens with zero attached hydrogens (tertiary/aromatic N) is 1. The summed E-state index contributed by atoms with van der Waals surface area (Å²) in [6.45, 7) is 8.81. The monoisotopic (exact) mass is 227 g/mol. The Bertz CT molecular complexity index is 214. The minimum Gasteiger partial charge on any atom is -0.355 e. The van der Waals surface area contributed by atoms with Crippen LogP contribution in [0, 0.1) is 11.8 Å². The summed E-state index contributed by atoms with van der Waals surface area (Å²) >= 11 is 0. The minimum absolute atomic E-state index is 0.142. The van der Waals surface area contributed by atoms with E-state index in [-0.39, 0.29) is 5.91 Å². The second kappa shape index (κ2) is 6.86. The molecular weight excluding hydrogens is 202 g/mol. The molecular formula is C12H25N3O. The lowest BCUT2D eigenvalue weighted by molar-refractivity contribution is -0.122. The van der Waals surface area contributed by atoms with Gasteiger partial charge >= 0.3 is 0 Å². The Hall–Kier alpha value is -0.610. The van der Waals surface area contributed by atoms with Crippen molar-refractivity contribution in [1.29, 1.82) is 0 Å². The number of hydrogen-bond acceptors (Lipinski definition) is 3. The summed E-state index contributed by atoms with van der Waals surface area (Å²) in [6.07, 6.45) is 1.20. The zero-order chi connectivity index (χ0) is 12.0. The smallest absolute Gasteiger partial charge is 0.234 e. The molecule has 94 valence electrons. The van der Waals surface area contributed by atoms with Crippen LogP contribution >= 0.6 is 0 Å². The molecule has 2 N–H and O–H groups in total. The van der Waals surface area contributed by atoms with Crippen molar-refractivity contribution in [2.24, 2.45) is 11.8 Å². The lowest BCUT2D eigenvalue weighted by Crippen LogP contribution is -2.44. The molecule has 1 heterocycles. The number of nitrogens with one attached hydrogen (secondary N) is 2. The molecule has 0 radical (unpaired) electrons. The number of likely N-dealkylation sites (N-methyl/N-ethyl adjacent to an activating group) is 1. The van der Waals surface area contributed by atoms with Crippen LogP contribution in [0.15, 0.2) is 0 Å². The molecule has 0 aromatic heterocycles. The third kappa shape index (κ3) is 5.47. The molecule has 0 aromatic rings. The molecule has 1 aliphatic heterocycles. The molecule has 0 aliphatic carbocycles. The van der Waals surface area contributed by atoms with Gasteiger partial charge in [0.05, 0.1) is 6.54 Å². The van der Waals surface area contributed by atoms with Crippen LogP contribution in [0.1, 0.15) is 20.3 Å². The number of carbonyl (C=O) groups excluding carboxylic acids is 1. The van der Waals surface area contributed by atoms with Crippen LogP contribution in [0.25, 0.3) is 0 Å². The van der Waals surface area contributed by atoms with Crippen molar-refractivity contribution < 1.29 is 4.79 Å². The Morgan fingerprint density at radius 3 is 2.69 bits per heavy atom. The quantitative estimate of drug-likeness (QED) is 0.657. The fourth-order valence-electron chi connectivity index (χ4n) is 1.65. The standard InChI is InChI=1S/C12H25N3O/c1-10(2)6-14-12(16)9-15(3)5-4-11-7-13-8-11/h10-11,13H,4-9H2,1-3H3,(H,14,16). The van der Waals surface area contributed by atoms with Crippen LogP contribution in [0.3, 0.4) is 0 Å². The van der Waals surface area contributed by atoms with Crippen molar-refractivity contribution in [3.8, 4) is 0 Å². The predicted molar refractivity (Wildman–Crippen MR) is 66.3 cm³/mol. The molecule has 1 saturated heterocycles. The van der Waals surface area contributed by atoms with Gasteiger partial charge in [0.2, 0.25) is 5.91 Å². The van der Waals surface area contributed by atoms with Crippen LogP contribution in [0.2, 0.25) is 0 Å². The normalized spacial score (nSPS) is 16.6. The maximum atomic E-state index is 11.5. The average Bonchev–Trinajstić information content (AvgIpc) is 2.12. The first kappa shape index (κ1) is 13.5. The topological polar surface area (TPSA) is 44.4 Å². The molecule has 1 aliphatic rings. The molecule has 0 spiro atoms. The van der Waals surface area contributed by atoms with Gasteiger partial charge in [-0.3, -0.25) is 9.69 Å². The van der Waals surface area contributed by atoms with Gasteiger partial charge in [-0.1, -0.05) is 13.8 Å². The Labute approximate surface area is 98.8 Å². The minimum atomic E-state index is 0.142. The second-order valence-corrected chi connectivity index (χ2v) is 5.25. The lowest BCUT2D eigenvalue weighted by Gasteiger charge is -2.28. The lowest BCUT2D eigenvalue weighted by atomic mass is 9.99. The fraction of sp³-hybridized carbons (Fsp3) is 0.917. The Kier molecular flexibility index (Phi) is 5.77. The van der Waals surface area contributed by atoms with Crippen LogP contribution in [0.5, 0.6) is 0 Å². The van der Waals surface area contributed by atoms with Gasteiger partial charge in [-0.2, -0.15) is 0 Å². The Balaban J connectivity index is 2.02. The second-order valence-electron chi connectivity index (χ2n) is 5.25. The van der Waals surface area contributed by atoms with Crippen LogP contribution < -0.4 is 10.6 Å². The van der Waals surface area contributed by atoms with Gasteiger partial charge in [-0.05, 0) is 44.9 Å². The molecule has 1 fully saturated rings. The number of amides is 1. The van der Waals surface area contributed by atoms with E-state index in [4.69, 9.17) is 0 Å². The summed E-state index contributed by atoms with van der Waals surface area (Å²) in [4.78, 5) is 13.6. The van der Waals surface area contributed by atoms with E-state index in [0.29, 0.717) is 12.5 Å². The van der Waals surface area contributed by atoms with Crippen molar-refractivity contribution >= 4 is 5.91 Å². The fourth-order valence-corrected chi connectivity index (χ4v) is 1.65. The molecule has 4 heteroatoms. The van der Waals surface area contributed by atoms with Gasteiger partial charge in [-0.25, -0.2) is 0 Å². The molecule has 1 rings (SSSR count). The summed E-state index contributed by atoms with van der Waals surface area (Å²) in [5.41, 5.74) is 0. The van der Waals surface area contributed by atoms with Crippen molar-refractivity contribution in [1.82, 2.24) is 15.5 Å². The van der Waals surface area contributed by atoms with E-state index >= 15 is 0 Å². The zero-order valence-corrected chi connectivity index (χ0v) is 10.8. The molecule has 16 heavy (non-hydrogen) atoms. The van der Waals surface area contributed by atoms with Gasteiger partial charge in [0.15, 0.2) is 0 Å². The van der Waals surface area contributed by atoms with Gasteiger partial charge in [0, 0.05) is 6.54 Å². The number of rotatable bonds is 7. The maximum absolute atomic E-state index is 11.5. The van der Waals surface area contributed by atoms with Crippen LogP contribution in [0.4, 0.5) is 0 Å². The van der Waals surface area contributed by atoms with Crippen molar-refractivity contribution in [3.05, 3.63) is 0 Å². The van der Waals surface area contributed by atoms with E-state index in [2.05, 4.69) is 29.4 Å². The Morgan fingerprint density at radius 1 is 1.50 bits per heavy atom. The maximum Gasteiger partial charge on any atom is 0.234 e. The highest BCUT2D eigenvalue weighted by Gasteiger charge is 2.17. The van der Waals surface area contributed by atoms with Crippen molar-refractivity contribution in [2.75, 3.05) is 39.8 Å². The molecule has 0 unspecified atom stereocenters. The third-order valence-corrected chi connectivity index (χ3v) is 2.91. The summed E-state index contributed by atoms with van der Waals surface area (Å²) in [5, 5.41) is 6.20. The van der Waals surface area contributed by atoms with E-state index in [9.17, 15) is 4.79 Å². The van der Waals surface area contributed by atoms with Crippen molar-refractivity contribution in [3.63, 3.8) is 0 Å². The van der Waals surface area contributed by atoms with E-state index in [1.165, 1.54) is 6.42 Å². The van der Waals surface area contributed by atoms with E-state index in [1.54, 1.807) is 0 Å². The summed E-state index contributed by atoms with van der Waals surface area (Å²) in [6, 6.07) is 0. The molecule has 0 aromatic carbocycles. The molecule has 1 amide bonds. The first-order valence-electron chi connectivity index (χ1n) is 6.24. The molecule has 0 saturated carbocycles. The van der Waals surface area contributed by atoms with Crippen molar-refractivity contribution in [2.45, 2.75) is 20.3 Å². The Morgan fingerprint density at radius 2 is 2.19 bits per heavy atom. The van der Waals surface area contributed by atoms with Gasteiger partial charge in [0.1, 0.15) is 0 Å². The first-order chi connectivity index (χ1) is 7.58. The SMILES string of the molecule is CC(C)CNC(=O)CN(C)CCC1CNC1. The van der Waals surface area contributed by atoms with E-state index in [1.807, 2.05) is 7.05 Å². The van der Waals surface area contributed by atoms with Crippen LogP contribution in [-0.2, 0) is 4.79 Å². The van der Waals surface area contributed by atoms with Gasteiger partial charge in [-0.15, -0.1) is 0 Å². The highest BCUT2D eigenvalue weighted by atomic mass is 16.2. The molecule has 0 bridgehead atoms. The van der Waals surface area contributed by atoms with E-state index in [0.717, 1.165) is 32.1 Å². The molecule has 4 nitrogen and oxygen atoms in total. The number of carbonyl (C=O) groups is 1. The summed E-state index contributed by atoms with van der Waals surface area (Å²) < 4.78 is 0. The highest BCUT2D eigenvalue weighted by molar-refractivity contribution is 5.77. The van der Waals surface area contributed by atoms with Crippen LogP contribution in [-0.4, -0.2) is 50.6 Å². The largest absolute Gasteiger partial charge is 0.355 e. The average molecular weight is 227 g/mol. The third-order valence-electron chi connectivity index (χ3n) is 2.91. The van der Waals surface area contributed by atoms with Gasteiger partial charge < -0.3 is 10.6 Å². The van der Waals surface area contributed by atoms with Gasteiger partial charge in [0.25, 0.3) is 0 Å². The molecule has 0 atom stereocenters.